The number of hydrogen-bond acceptors (Lipinski definition) is 6. The molecule has 114 valence electrons. The molecule has 0 spiro atoms. The number of aliphatic hydroxyl groups is 1. The van der Waals surface area contributed by atoms with Gasteiger partial charge in [-0.05, 0) is 25.8 Å². The Morgan fingerprint density at radius 2 is 2.25 bits per heavy atom. The number of nitrogens with zero attached hydrogens (tertiary/aromatic N) is 3. The minimum atomic E-state index is 0.293. The zero-order valence-electron chi connectivity index (χ0n) is 12.5. The molecule has 1 aliphatic heterocycles. The SMILES string of the molecule is CC(C)c1nnc(NCCCN2CCCC[C@@H]2CO)s1. The summed E-state index contributed by atoms with van der Waals surface area (Å²) in [5, 5.41) is 23.1. The molecule has 5 nitrogen and oxygen atoms in total. The Hall–Kier alpha value is -0.720. The second-order valence-corrected chi connectivity index (χ2v) is 6.76. The van der Waals surface area contributed by atoms with Crippen molar-refractivity contribution in [1.29, 1.82) is 0 Å². The molecular formula is C14H26N4OS. The fraction of sp³-hybridized carbons (Fsp3) is 0.857. The molecular weight excluding hydrogens is 272 g/mol. The summed E-state index contributed by atoms with van der Waals surface area (Å²) in [6, 6.07) is 0.373. The summed E-state index contributed by atoms with van der Waals surface area (Å²) >= 11 is 1.65. The second kappa shape index (κ2) is 7.90. The minimum absolute atomic E-state index is 0.293. The lowest BCUT2D eigenvalue weighted by Gasteiger charge is -2.34. The number of rotatable bonds is 7. The maximum Gasteiger partial charge on any atom is 0.205 e. The number of aromatic nitrogens is 2. The minimum Gasteiger partial charge on any atom is -0.395 e. The van der Waals surface area contributed by atoms with Crippen LogP contribution < -0.4 is 5.32 Å². The van der Waals surface area contributed by atoms with Crippen LogP contribution in [0.15, 0.2) is 0 Å². The zero-order valence-corrected chi connectivity index (χ0v) is 13.3. The molecule has 0 bridgehead atoms. The van der Waals surface area contributed by atoms with Gasteiger partial charge in [-0.1, -0.05) is 31.6 Å². The molecule has 20 heavy (non-hydrogen) atoms. The first-order chi connectivity index (χ1) is 9.70. The molecule has 1 atom stereocenters. The number of aliphatic hydroxyl groups excluding tert-OH is 1. The quantitative estimate of drug-likeness (QED) is 0.756. The molecule has 1 aromatic rings. The van der Waals surface area contributed by atoms with Crippen molar-refractivity contribution >= 4 is 16.5 Å². The molecule has 0 saturated carbocycles. The Kier molecular flexibility index (Phi) is 6.19. The molecule has 2 heterocycles. The third-order valence-electron chi connectivity index (χ3n) is 3.79. The summed E-state index contributed by atoms with van der Waals surface area (Å²) in [5.74, 6) is 0.446. The first kappa shape index (κ1) is 15.7. The van der Waals surface area contributed by atoms with E-state index in [2.05, 4.69) is 34.3 Å². The van der Waals surface area contributed by atoms with Crippen LogP contribution in [0, 0.1) is 0 Å². The van der Waals surface area contributed by atoms with E-state index >= 15 is 0 Å². The summed E-state index contributed by atoms with van der Waals surface area (Å²) in [6.45, 7) is 7.66. The number of hydrogen-bond donors (Lipinski definition) is 2. The van der Waals surface area contributed by atoms with Gasteiger partial charge in [0.1, 0.15) is 5.01 Å². The van der Waals surface area contributed by atoms with Crippen LogP contribution in [0.5, 0.6) is 0 Å². The molecule has 0 amide bonds. The molecule has 1 aromatic heterocycles. The van der Waals surface area contributed by atoms with Crippen molar-refractivity contribution in [3.63, 3.8) is 0 Å². The average molecular weight is 298 g/mol. The van der Waals surface area contributed by atoms with E-state index in [1.165, 1.54) is 12.8 Å². The lowest BCUT2D eigenvalue weighted by Crippen LogP contribution is -2.42. The van der Waals surface area contributed by atoms with Crippen molar-refractivity contribution in [2.75, 3.05) is 31.6 Å². The lowest BCUT2D eigenvalue weighted by molar-refractivity contribution is 0.0901. The van der Waals surface area contributed by atoms with E-state index in [-0.39, 0.29) is 0 Å². The Labute approximate surface area is 125 Å². The molecule has 0 unspecified atom stereocenters. The van der Waals surface area contributed by atoms with Gasteiger partial charge in [0.05, 0.1) is 6.61 Å². The van der Waals surface area contributed by atoms with Crippen molar-refractivity contribution in [1.82, 2.24) is 15.1 Å². The number of nitrogens with one attached hydrogen (secondary N) is 1. The Morgan fingerprint density at radius 3 is 2.95 bits per heavy atom. The van der Waals surface area contributed by atoms with Gasteiger partial charge in [-0.15, -0.1) is 10.2 Å². The van der Waals surface area contributed by atoms with E-state index in [1.807, 2.05) is 0 Å². The van der Waals surface area contributed by atoms with Crippen molar-refractivity contribution in [3.8, 4) is 0 Å². The zero-order chi connectivity index (χ0) is 14.4. The fourth-order valence-electron chi connectivity index (χ4n) is 2.58. The van der Waals surface area contributed by atoms with E-state index in [9.17, 15) is 5.11 Å². The van der Waals surface area contributed by atoms with Gasteiger partial charge in [0.25, 0.3) is 0 Å². The van der Waals surface area contributed by atoms with Gasteiger partial charge in [-0.2, -0.15) is 0 Å². The highest BCUT2D eigenvalue weighted by Crippen LogP contribution is 2.22. The molecule has 0 radical (unpaired) electrons. The van der Waals surface area contributed by atoms with Crippen LogP contribution in [-0.2, 0) is 0 Å². The number of piperidine rings is 1. The van der Waals surface area contributed by atoms with Crippen molar-refractivity contribution < 1.29 is 5.11 Å². The molecule has 2 rings (SSSR count). The predicted molar refractivity (Wildman–Crippen MR) is 83.4 cm³/mol. The third-order valence-corrected chi connectivity index (χ3v) is 4.97. The normalized spacial score (nSPS) is 20.5. The van der Waals surface area contributed by atoms with Gasteiger partial charge in [0.2, 0.25) is 5.13 Å². The van der Waals surface area contributed by atoms with Crippen molar-refractivity contribution in [3.05, 3.63) is 5.01 Å². The van der Waals surface area contributed by atoms with Gasteiger partial charge >= 0.3 is 0 Å². The van der Waals surface area contributed by atoms with Crippen LogP contribution in [0.1, 0.15) is 50.5 Å². The monoisotopic (exact) mass is 298 g/mol. The van der Waals surface area contributed by atoms with E-state index in [4.69, 9.17) is 0 Å². The summed E-state index contributed by atoms with van der Waals surface area (Å²) in [7, 11) is 0. The molecule has 0 aliphatic carbocycles. The first-order valence-corrected chi connectivity index (χ1v) is 8.44. The summed E-state index contributed by atoms with van der Waals surface area (Å²) in [4.78, 5) is 2.42. The third kappa shape index (κ3) is 4.40. The average Bonchev–Trinajstić information content (AvgIpc) is 2.93. The standard InChI is InChI=1S/C14H26N4OS/c1-11(2)13-16-17-14(20-13)15-7-5-9-18-8-4-3-6-12(18)10-19/h11-12,19H,3-10H2,1-2H3,(H,15,17)/t12-/m1/s1. The maximum absolute atomic E-state index is 9.38. The van der Waals surface area contributed by atoms with Gasteiger partial charge in [0, 0.05) is 25.0 Å². The van der Waals surface area contributed by atoms with E-state index < -0.39 is 0 Å². The maximum atomic E-state index is 9.38. The van der Waals surface area contributed by atoms with Crippen molar-refractivity contribution in [2.24, 2.45) is 0 Å². The van der Waals surface area contributed by atoms with Crippen LogP contribution in [0.25, 0.3) is 0 Å². The van der Waals surface area contributed by atoms with E-state index in [1.54, 1.807) is 11.3 Å². The molecule has 1 fully saturated rings. The molecule has 1 aliphatic rings. The van der Waals surface area contributed by atoms with Crippen LogP contribution in [0.3, 0.4) is 0 Å². The van der Waals surface area contributed by atoms with Crippen LogP contribution in [0.4, 0.5) is 5.13 Å². The van der Waals surface area contributed by atoms with Gasteiger partial charge < -0.3 is 10.4 Å². The molecule has 2 N–H and O–H groups in total. The highest BCUT2D eigenvalue weighted by atomic mass is 32.1. The predicted octanol–water partition coefficient (Wildman–Crippen LogP) is 2.31. The van der Waals surface area contributed by atoms with Gasteiger partial charge in [-0.25, -0.2) is 0 Å². The Bertz CT molecular complexity index is 396. The van der Waals surface area contributed by atoms with Gasteiger partial charge in [-0.3, -0.25) is 4.90 Å². The smallest absolute Gasteiger partial charge is 0.205 e. The van der Waals surface area contributed by atoms with Crippen LogP contribution >= 0.6 is 11.3 Å². The Morgan fingerprint density at radius 1 is 1.40 bits per heavy atom. The topological polar surface area (TPSA) is 61.3 Å². The second-order valence-electron chi connectivity index (χ2n) is 5.75. The van der Waals surface area contributed by atoms with Crippen LogP contribution in [-0.4, -0.2) is 52.5 Å². The fourth-order valence-corrected chi connectivity index (χ4v) is 3.35. The molecule has 0 aromatic carbocycles. The highest BCUT2D eigenvalue weighted by molar-refractivity contribution is 7.15. The molecule has 6 heteroatoms. The Balaban J connectivity index is 1.67. The summed E-state index contributed by atoms with van der Waals surface area (Å²) in [5.41, 5.74) is 0. The summed E-state index contributed by atoms with van der Waals surface area (Å²) < 4.78 is 0. The number of likely N-dealkylation sites (tertiary alicyclic amines) is 1. The van der Waals surface area contributed by atoms with Crippen molar-refractivity contribution in [2.45, 2.75) is 51.5 Å². The van der Waals surface area contributed by atoms with E-state index in [0.29, 0.717) is 18.6 Å². The largest absolute Gasteiger partial charge is 0.395 e. The number of anilines is 1. The first-order valence-electron chi connectivity index (χ1n) is 7.63. The highest BCUT2D eigenvalue weighted by Gasteiger charge is 2.20. The molecule has 1 saturated heterocycles. The van der Waals surface area contributed by atoms with Gasteiger partial charge in [0.15, 0.2) is 0 Å². The van der Waals surface area contributed by atoms with Crippen LogP contribution in [0.2, 0.25) is 0 Å². The lowest BCUT2D eigenvalue weighted by atomic mass is 10.0. The van der Waals surface area contributed by atoms with E-state index in [0.717, 1.165) is 42.6 Å². The summed E-state index contributed by atoms with van der Waals surface area (Å²) in [6.07, 6.45) is 4.73.